The lowest BCUT2D eigenvalue weighted by molar-refractivity contribution is -0.0311. The van der Waals surface area contributed by atoms with Crippen molar-refractivity contribution in [3.8, 4) is 0 Å². The maximum atomic E-state index is 12.9. The summed E-state index contributed by atoms with van der Waals surface area (Å²) in [5.41, 5.74) is 0.460. The number of nitrogens with zero attached hydrogens (tertiary/aromatic N) is 3. The first-order valence-electron chi connectivity index (χ1n) is 10.5. The molecule has 0 saturated carbocycles. The van der Waals surface area contributed by atoms with Crippen molar-refractivity contribution in [2.24, 2.45) is 5.92 Å². The molecule has 2 N–H and O–H groups in total. The largest absolute Gasteiger partial charge is 0.390 e. The van der Waals surface area contributed by atoms with Crippen LogP contribution in [0.3, 0.4) is 0 Å². The number of piperidine rings is 1. The van der Waals surface area contributed by atoms with E-state index in [0.29, 0.717) is 53.3 Å². The summed E-state index contributed by atoms with van der Waals surface area (Å²) in [5, 5.41) is 14.6. The van der Waals surface area contributed by atoms with Gasteiger partial charge in [-0.3, -0.25) is 9.52 Å². The predicted octanol–water partition coefficient (Wildman–Crippen LogP) is 3.51. The minimum atomic E-state index is -3.86. The molecule has 0 aliphatic carbocycles. The molecule has 0 bridgehead atoms. The van der Waals surface area contributed by atoms with E-state index in [9.17, 15) is 18.3 Å². The number of aromatic nitrogens is 2. The lowest BCUT2D eigenvalue weighted by Crippen LogP contribution is -2.47. The predicted molar refractivity (Wildman–Crippen MR) is 124 cm³/mol. The summed E-state index contributed by atoms with van der Waals surface area (Å²) in [6.07, 6.45) is 1.85. The summed E-state index contributed by atoms with van der Waals surface area (Å²) in [5.74, 6) is 0.279. The van der Waals surface area contributed by atoms with E-state index in [1.54, 1.807) is 41.3 Å². The Morgan fingerprint density at radius 1 is 1.19 bits per heavy atom. The number of anilines is 1. The topological polar surface area (TPSA) is 112 Å². The smallest absolute Gasteiger partial charge is 0.264 e. The quantitative estimate of drug-likeness (QED) is 0.565. The highest BCUT2D eigenvalue weighted by atomic mass is 32.2. The number of nitrogens with one attached hydrogen (secondary N) is 1. The molecule has 3 aromatic rings. The third-order valence-corrected chi connectivity index (χ3v) is 7.79. The molecule has 1 aliphatic heterocycles. The summed E-state index contributed by atoms with van der Waals surface area (Å²) in [7, 11) is -3.86. The highest BCUT2D eigenvalue weighted by Crippen LogP contribution is 2.30. The Labute approximate surface area is 191 Å². The van der Waals surface area contributed by atoms with E-state index in [-0.39, 0.29) is 10.8 Å². The average molecular weight is 475 g/mol. The summed E-state index contributed by atoms with van der Waals surface area (Å²) >= 11 is 1.13. The first-order valence-corrected chi connectivity index (χ1v) is 12.8. The molecule has 170 valence electrons. The zero-order valence-electron chi connectivity index (χ0n) is 18.0. The van der Waals surface area contributed by atoms with E-state index in [1.807, 2.05) is 0 Å². The molecule has 0 radical (unpaired) electrons. The van der Waals surface area contributed by atoms with Gasteiger partial charge in [0.25, 0.3) is 15.9 Å². The molecule has 0 unspecified atom stereocenters. The molecule has 2 aromatic carbocycles. The molecule has 1 aromatic heterocycles. The summed E-state index contributed by atoms with van der Waals surface area (Å²) in [6.45, 7) is 5.17. The molecule has 2 heterocycles. The van der Waals surface area contributed by atoms with Crippen molar-refractivity contribution >= 4 is 43.4 Å². The van der Waals surface area contributed by atoms with E-state index in [1.165, 1.54) is 6.07 Å². The van der Waals surface area contributed by atoms with Crippen LogP contribution < -0.4 is 4.72 Å². The number of carbonyl (C=O) groups is 1. The van der Waals surface area contributed by atoms with Crippen molar-refractivity contribution in [1.82, 2.24) is 14.5 Å². The van der Waals surface area contributed by atoms with Crippen LogP contribution in [0.15, 0.2) is 47.4 Å². The standard InChI is InChI=1S/C22H26N4O4S2/c1-15(2)14-22(28)10-12-26(13-11-22)21(27)16-6-8-17(9-7-16)24-32(29,30)19-5-3-4-18-20(19)23-25-31-18/h3-9,15,24,28H,10-14H2,1-2H3. The SMILES string of the molecule is CC(C)CC1(O)CCN(C(=O)c2ccc(NS(=O)(=O)c3cccc4snnc34)cc2)CC1. The van der Waals surface area contributed by atoms with E-state index in [2.05, 4.69) is 28.2 Å². The van der Waals surface area contributed by atoms with E-state index in [0.717, 1.165) is 18.0 Å². The Morgan fingerprint density at radius 3 is 2.53 bits per heavy atom. The second kappa shape index (κ2) is 8.76. The number of carbonyl (C=O) groups excluding carboxylic acids is 1. The Bertz CT molecular complexity index is 1210. The Hall–Kier alpha value is -2.56. The fraction of sp³-hybridized carbons (Fsp3) is 0.409. The molecule has 32 heavy (non-hydrogen) atoms. The van der Waals surface area contributed by atoms with Gasteiger partial charge in [0.1, 0.15) is 10.4 Å². The molecule has 1 fully saturated rings. The summed E-state index contributed by atoms with van der Waals surface area (Å²) < 4.78 is 32.7. The van der Waals surface area contributed by atoms with Gasteiger partial charge in [-0.25, -0.2) is 8.42 Å². The van der Waals surface area contributed by atoms with E-state index in [4.69, 9.17) is 0 Å². The fourth-order valence-corrected chi connectivity index (χ4v) is 6.03. The number of aliphatic hydroxyl groups is 1. The molecule has 10 heteroatoms. The van der Waals surface area contributed by atoms with Gasteiger partial charge < -0.3 is 10.0 Å². The number of likely N-dealkylation sites (tertiary alicyclic amines) is 1. The third-order valence-electron chi connectivity index (χ3n) is 5.69. The maximum absolute atomic E-state index is 12.9. The van der Waals surface area contributed by atoms with Gasteiger partial charge in [-0.2, -0.15) is 0 Å². The van der Waals surface area contributed by atoms with Crippen LogP contribution in [-0.2, 0) is 10.0 Å². The Balaban J connectivity index is 1.43. The second-order valence-electron chi connectivity index (χ2n) is 8.67. The van der Waals surface area contributed by atoms with Crippen LogP contribution in [0.2, 0.25) is 0 Å². The molecular formula is C22H26N4O4S2. The van der Waals surface area contributed by atoms with Crippen molar-refractivity contribution < 1.29 is 18.3 Å². The minimum Gasteiger partial charge on any atom is -0.390 e. The normalized spacial score (nSPS) is 16.4. The van der Waals surface area contributed by atoms with Gasteiger partial charge in [0.2, 0.25) is 0 Å². The highest BCUT2D eigenvalue weighted by molar-refractivity contribution is 7.93. The second-order valence-corrected chi connectivity index (χ2v) is 11.1. The number of hydrogen-bond donors (Lipinski definition) is 2. The molecule has 4 rings (SSSR count). The number of sulfonamides is 1. The average Bonchev–Trinajstić information content (AvgIpc) is 3.22. The number of benzene rings is 2. The van der Waals surface area contributed by atoms with Gasteiger partial charge >= 0.3 is 0 Å². The number of rotatable bonds is 6. The van der Waals surface area contributed by atoms with Crippen LogP contribution in [0, 0.1) is 5.92 Å². The van der Waals surface area contributed by atoms with Crippen LogP contribution in [0.5, 0.6) is 0 Å². The first-order chi connectivity index (χ1) is 15.2. The van der Waals surface area contributed by atoms with E-state index < -0.39 is 15.6 Å². The fourth-order valence-electron chi connectivity index (χ4n) is 4.16. The van der Waals surface area contributed by atoms with Gasteiger partial charge in [0.15, 0.2) is 0 Å². The molecule has 1 aliphatic rings. The van der Waals surface area contributed by atoms with Crippen LogP contribution in [0.4, 0.5) is 5.69 Å². The van der Waals surface area contributed by atoms with Gasteiger partial charge in [-0.15, -0.1) is 5.10 Å². The van der Waals surface area contributed by atoms with Crippen molar-refractivity contribution in [2.75, 3.05) is 17.8 Å². The molecular weight excluding hydrogens is 448 g/mol. The van der Waals surface area contributed by atoms with E-state index >= 15 is 0 Å². The molecule has 0 spiro atoms. The number of hydrogen-bond acceptors (Lipinski definition) is 7. The zero-order chi connectivity index (χ0) is 22.9. The lowest BCUT2D eigenvalue weighted by Gasteiger charge is -2.39. The number of amides is 1. The van der Waals surface area contributed by atoms with Gasteiger partial charge in [-0.05, 0) is 73.1 Å². The monoisotopic (exact) mass is 474 g/mol. The van der Waals surface area contributed by atoms with Gasteiger partial charge in [-0.1, -0.05) is 24.4 Å². The Morgan fingerprint density at radius 2 is 1.88 bits per heavy atom. The van der Waals surface area contributed by atoms with Crippen molar-refractivity contribution in [1.29, 1.82) is 0 Å². The molecule has 1 saturated heterocycles. The zero-order valence-corrected chi connectivity index (χ0v) is 19.6. The lowest BCUT2D eigenvalue weighted by atomic mass is 9.84. The van der Waals surface area contributed by atoms with Crippen LogP contribution >= 0.6 is 11.5 Å². The first kappa shape index (κ1) is 22.6. The molecule has 1 amide bonds. The van der Waals surface area contributed by atoms with Gasteiger partial charge in [0, 0.05) is 24.3 Å². The van der Waals surface area contributed by atoms with Gasteiger partial charge in [0.05, 0.1) is 10.3 Å². The van der Waals surface area contributed by atoms with Crippen LogP contribution in [-0.4, -0.2) is 52.6 Å². The number of fused-ring (bicyclic) bond motifs is 1. The molecule has 0 atom stereocenters. The molecule has 8 nitrogen and oxygen atoms in total. The Kier molecular flexibility index (Phi) is 6.19. The summed E-state index contributed by atoms with van der Waals surface area (Å²) in [4.78, 5) is 14.7. The highest BCUT2D eigenvalue weighted by Gasteiger charge is 2.34. The van der Waals surface area contributed by atoms with Crippen molar-refractivity contribution in [2.45, 2.75) is 43.6 Å². The summed E-state index contributed by atoms with van der Waals surface area (Å²) in [6, 6.07) is 11.3. The van der Waals surface area contributed by atoms with Crippen LogP contribution in [0.25, 0.3) is 10.2 Å². The third kappa shape index (κ3) is 4.77. The van der Waals surface area contributed by atoms with Crippen LogP contribution in [0.1, 0.15) is 43.5 Å². The minimum absolute atomic E-state index is 0.0612. The van der Waals surface area contributed by atoms with Crippen molar-refractivity contribution in [3.05, 3.63) is 48.0 Å². The van der Waals surface area contributed by atoms with Crippen molar-refractivity contribution in [3.63, 3.8) is 0 Å². The maximum Gasteiger partial charge on any atom is 0.264 e.